The molecule has 0 unspecified atom stereocenters. The first-order chi connectivity index (χ1) is 20.7. The van der Waals surface area contributed by atoms with Crippen LogP contribution in [-0.2, 0) is 0 Å². The second kappa shape index (κ2) is 9.68. The van der Waals surface area contributed by atoms with Gasteiger partial charge in [0, 0.05) is 40.3 Å². The summed E-state index contributed by atoms with van der Waals surface area (Å²) in [5.74, 6) is 0. The smallest absolute Gasteiger partial charge is 0.0992 e. The molecule has 4 heteroatoms. The molecular formula is C38H20N2S2. The lowest BCUT2D eigenvalue weighted by molar-refractivity contribution is 1.44. The van der Waals surface area contributed by atoms with Crippen molar-refractivity contribution >= 4 is 63.0 Å². The molecule has 8 aromatic rings. The average molecular weight is 569 g/mol. The fraction of sp³-hybridized carbons (Fsp3) is 0. The lowest BCUT2D eigenvalue weighted by Gasteiger charge is -2.13. The summed E-state index contributed by atoms with van der Waals surface area (Å²) in [4.78, 5) is 0. The maximum atomic E-state index is 9.70. The van der Waals surface area contributed by atoms with Crippen molar-refractivity contribution in [2.75, 3.05) is 0 Å². The van der Waals surface area contributed by atoms with Crippen molar-refractivity contribution in [1.82, 2.24) is 0 Å². The van der Waals surface area contributed by atoms with E-state index in [-0.39, 0.29) is 0 Å². The third-order valence-corrected chi connectivity index (χ3v) is 10.2. The van der Waals surface area contributed by atoms with E-state index in [4.69, 9.17) is 0 Å². The first kappa shape index (κ1) is 24.5. The van der Waals surface area contributed by atoms with Crippen molar-refractivity contribution in [3.05, 3.63) is 132 Å². The Labute approximate surface area is 250 Å². The largest absolute Gasteiger partial charge is 0.192 e. The van der Waals surface area contributed by atoms with Crippen LogP contribution in [0.3, 0.4) is 0 Å². The van der Waals surface area contributed by atoms with Crippen molar-refractivity contribution in [1.29, 1.82) is 10.5 Å². The van der Waals surface area contributed by atoms with Gasteiger partial charge in [-0.05, 0) is 100 Å². The van der Waals surface area contributed by atoms with Gasteiger partial charge in [0.05, 0.1) is 23.3 Å². The Kier molecular flexibility index (Phi) is 5.66. The van der Waals surface area contributed by atoms with Crippen molar-refractivity contribution in [3.8, 4) is 45.5 Å². The molecule has 0 spiro atoms. The van der Waals surface area contributed by atoms with Gasteiger partial charge in [-0.2, -0.15) is 10.5 Å². The minimum absolute atomic E-state index is 0.480. The van der Waals surface area contributed by atoms with Crippen LogP contribution in [0.4, 0.5) is 0 Å². The van der Waals surface area contributed by atoms with Crippen LogP contribution in [0.1, 0.15) is 11.1 Å². The van der Waals surface area contributed by atoms with Crippen LogP contribution in [0.15, 0.2) is 121 Å². The molecule has 42 heavy (non-hydrogen) atoms. The number of benzene rings is 6. The second-order valence-electron chi connectivity index (χ2n) is 10.4. The van der Waals surface area contributed by atoms with E-state index >= 15 is 0 Å². The first-order valence-electron chi connectivity index (χ1n) is 13.6. The molecule has 0 radical (unpaired) electrons. The van der Waals surface area contributed by atoms with Crippen molar-refractivity contribution in [2.45, 2.75) is 0 Å². The molecule has 8 rings (SSSR count). The fourth-order valence-electron chi connectivity index (χ4n) is 5.96. The standard InChI is InChI=1S/C38H20N2S2/c39-21-23-14-24(22-40)16-26(15-23)28-17-27(25-12-13-36-33(20-25)31-6-1-3-9-34(31)41-36)18-29(19-28)30-8-5-11-37-38(30)32-7-2-4-10-35(32)42-37/h1-20H. The topological polar surface area (TPSA) is 47.6 Å². The Hall–Kier alpha value is -5.26. The van der Waals surface area contributed by atoms with E-state index in [0.717, 1.165) is 27.8 Å². The summed E-state index contributed by atoms with van der Waals surface area (Å²) >= 11 is 3.63. The van der Waals surface area contributed by atoms with Crippen molar-refractivity contribution < 1.29 is 0 Å². The van der Waals surface area contributed by atoms with Crippen molar-refractivity contribution in [2.24, 2.45) is 0 Å². The van der Waals surface area contributed by atoms with Gasteiger partial charge in [0.25, 0.3) is 0 Å². The Morgan fingerprint density at radius 2 is 0.976 bits per heavy atom. The molecule has 0 saturated heterocycles. The molecule has 0 atom stereocenters. The zero-order valence-corrected chi connectivity index (χ0v) is 23.9. The maximum absolute atomic E-state index is 9.70. The number of hydrogen-bond acceptors (Lipinski definition) is 4. The van der Waals surface area contributed by atoms with Gasteiger partial charge < -0.3 is 0 Å². The molecule has 0 bridgehead atoms. The molecule has 194 valence electrons. The van der Waals surface area contributed by atoms with Gasteiger partial charge in [-0.1, -0.05) is 54.6 Å². The Morgan fingerprint density at radius 1 is 0.405 bits per heavy atom. The lowest BCUT2D eigenvalue weighted by atomic mass is 9.90. The van der Waals surface area contributed by atoms with E-state index in [1.807, 2.05) is 34.8 Å². The SMILES string of the molecule is N#Cc1cc(C#N)cc(-c2cc(-c3ccc4sc5ccccc5c4c3)cc(-c3cccc4sc5ccccc5c34)c2)c1. The molecule has 0 amide bonds. The number of nitrogens with zero attached hydrogens (tertiary/aromatic N) is 2. The van der Waals surface area contributed by atoms with Gasteiger partial charge in [0.1, 0.15) is 0 Å². The van der Waals surface area contributed by atoms with Crippen LogP contribution in [0.5, 0.6) is 0 Å². The van der Waals surface area contributed by atoms with Gasteiger partial charge >= 0.3 is 0 Å². The number of thiophene rings is 2. The van der Waals surface area contributed by atoms with Crippen LogP contribution < -0.4 is 0 Å². The van der Waals surface area contributed by atoms with E-state index in [9.17, 15) is 10.5 Å². The van der Waals surface area contributed by atoms with Gasteiger partial charge in [-0.3, -0.25) is 0 Å². The molecule has 0 saturated carbocycles. The van der Waals surface area contributed by atoms with Crippen LogP contribution in [0, 0.1) is 22.7 Å². The van der Waals surface area contributed by atoms with E-state index in [1.165, 1.54) is 45.9 Å². The maximum Gasteiger partial charge on any atom is 0.0992 e. The highest BCUT2D eigenvalue weighted by Crippen LogP contribution is 2.43. The minimum atomic E-state index is 0.480. The molecule has 2 heterocycles. The molecule has 0 N–H and O–H groups in total. The minimum Gasteiger partial charge on any atom is -0.192 e. The van der Waals surface area contributed by atoms with Crippen LogP contribution in [0.2, 0.25) is 0 Å². The summed E-state index contributed by atoms with van der Waals surface area (Å²) < 4.78 is 5.08. The quantitative estimate of drug-likeness (QED) is 0.213. The fourth-order valence-corrected chi connectivity index (χ4v) is 8.18. The number of nitriles is 2. The number of fused-ring (bicyclic) bond motifs is 6. The second-order valence-corrected chi connectivity index (χ2v) is 12.6. The van der Waals surface area contributed by atoms with Crippen LogP contribution >= 0.6 is 22.7 Å². The van der Waals surface area contributed by atoms with E-state index in [1.54, 1.807) is 6.07 Å². The normalized spacial score (nSPS) is 11.3. The van der Waals surface area contributed by atoms with Crippen LogP contribution in [-0.4, -0.2) is 0 Å². The molecular weight excluding hydrogens is 549 g/mol. The third-order valence-electron chi connectivity index (χ3n) is 7.88. The predicted molar refractivity (Wildman–Crippen MR) is 178 cm³/mol. The average Bonchev–Trinajstić information content (AvgIpc) is 3.62. The van der Waals surface area contributed by atoms with E-state index in [2.05, 4.69) is 115 Å². The molecule has 0 aliphatic heterocycles. The highest BCUT2D eigenvalue weighted by Gasteiger charge is 2.15. The third kappa shape index (κ3) is 3.98. The summed E-state index contributed by atoms with van der Waals surface area (Å²) in [5, 5.41) is 24.4. The molecule has 2 aromatic heterocycles. The summed E-state index contributed by atoms with van der Waals surface area (Å²) in [7, 11) is 0. The highest BCUT2D eigenvalue weighted by molar-refractivity contribution is 7.26. The van der Waals surface area contributed by atoms with Gasteiger partial charge in [-0.15, -0.1) is 22.7 Å². The van der Waals surface area contributed by atoms with E-state index in [0.29, 0.717) is 11.1 Å². The summed E-state index contributed by atoms with van der Waals surface area (Å²) in [6.07, 6.45) is 0. The molecule has 0 aliphatic carbocycles. The summed E-state index contributed by atoms with van der Waals surface area (Å²) in [6, 6.07) is 46.9. The Bertz CT molecular complexity index is 2410. The number of rotatable bonds is 3. The Morgan fingerprint density at radius 3 is 1.74 bits per heavy atom. The predicted octanol–water partition coefficient (Wildman–Crippen LogP) is 11.2. The van der Waals surface area contributed by atoms with E-state index < -0.39 is 0 Å². The molecule has 0 fully saturated rings. The Balaban J connectivity index is 1.42. The zero-order valence-electron chi connectivity index (χ0n) is 22.3. The lowest BCUT2D eigenvalue weighted by Crippen LogP contribution is -1.89. The van der Waals surface area contributed by atoms with Crippen molar-refractivity contribution in [3.63, 3.8) is 0 Å². The monoisotopic (exact) mass is 568 g/mol. The zero-order chi connectivity index (χ0) is 28.2. The highest BCUT2D eigenvalue weighted by atomic mass is 32.1. The summed E-state index contributed by atoms with van der Waals surface area (Å²) in [6.45, 7) is 0. The van der Waals surface area contributed by atoms with Gasteiger partial charge in [-0.25, -0.2) is 0 Å². The van der Waals surface area contributed by atoms with Crippen LogP contribution in [0.25, 0.3) is 73.7 Å². The summed E-state index contributed by atoms with van der Waals surface area (Å²) in [5.41, 5.74) is 7.30. The number of hydrogen-bond donors (Lipinski definition) is 0. The molecule has 6 aromatic carbocycles. The molecule has 0 aliphatic rings. The molecule has 2 nitrogen and oxygen atoms in total. The van der Waals surface area contributed by atoms with Gasteiger partial charge in [0.15, 0.2) is 0 Å². The first-order valence-corrected chi connectivity index (χ1v) is 15.2. The van der Waals surface area contributed by atoms with Gasteiger partial charge in [0.2, 0.25) is 0 Å².